The van der Waals surface area contributed by atoms with Crippen LogP contribution < -0.4 is 9.47 Å². The van der Waals surface area contributed by atoms with E-state index < -0.39 is 26.0 Å². The lowest BCUT2D eigenvalue weighted by atomic mass is 10.3. The summed E-state index contributed by atoms with van der Waals surface area (Å²) < 4.78 is 66.0. The van der Waals surface area contributed by atoms with Gasteiger partial charge >= 0.3 is 11.4 Å². The molecule has 0 unspecified atom stereocenters. The highest BCUT2D eigenvalue weighted by Crippen LogP contribution is 2.36. The van der Waals surface area contributed by atoms with Crippen LogP contribution in [0.4, 0.5) is 13.2 Å². The fraction of sp³-hybridized carbons (Fsp3) is 0.0833. The summed E-state index contributed by atoms with van der Waals surface area (Å²) in [6, 6.07) is 8.22. The standard InChI is InChI=1S/C12H8F3NO4S/c13-12(14,15)21(18,19)10-6-2-1-5-9(10)20-11-7-3-4-8-16(11)17/h1-8H. The number of alkyl halides is 3. The number of sulfone groups is 1. The first-order valence-electron chi connectivity index (χ1n) is 5.50. The average Bonchev–Trinajstić information content (AvgIpc) is 2.40. The topological polar surface area (TPSA) is 70.3 Å². The monoisotopic (exact) mass is 319 g/mol. The Hall–Kier alpha value is -2.29. The minimum absolute atomic E-state index is 0.261. The first kappa shape index (κ1) is 15.1. The number of aromatic nitrogens is 1. The van der Waals surface area contributed by atoms with Crippen molar-refractivity contribution >= 4 is 9.84 Å². The second-order valence-electron chi connectivity index (χ2n) is 3.86. The highest BCUT2D eigenvalue weighted by Gasteiger charge is 2.48. The SMILES string of the molecule is O=S(=O)(c1ccccc1Oc1cccc[n+]1[O-])C(F)(F)F. The van der Waals surface area contributed by atoms with E-state index in [-0.39, 0.29) is 10.6 Å². The number of nitrogens with zero attached hydrogens (tertiary/aromatic N) is 1. The summed E-state index contributed by atoms with van der Waals surface area (Å²) in [6.07, 6.45) is 1.07. The van der Waals surface area contributed by atoms with Crippen molar-refractivity contribution in [3.05, 3.63) is 53.9 Å². The molecule has 1 aromatic heterocycles. The Morgan fingerprint density at radius 3 is 2.29 bits per heavy atom. The van der Waals surface area contributed by atoms with Crippen molar-refractivity contribution in [3.8, 4) is 11.6 Å². The molecule has 0 aliphatic rings. The van der Waals surface area contributed by atoms with Crippen LogP contribution in [0.2, 0.25) is 0 Å². The number of benzene rings is 1. The van der Waals surface area contributed by atoms with Crippen molar-refractivity contribution in [2.75, 3.05) is 0 Å². The minimum atomic E-state index is -5.58. The van der Waals surface area contributed by atoms with Gasteiger partial charge in [0.05, 0.1) is 6.07 Å². The Morgan fingerprint density at radius 1 is 1.05 bits per heavy atom. The lowest BCUT2D eigenvalue weighted by Crippen LogP contribution is -2.27. The lowest BCUT2D eigenvalue weighted by Gasteiger charge is -2.12. The molecule has 0 aliphatic heterocycles. The molecular weight excluding hydrogens is 311 g/mol. The van der Waals surface area contributed by atoms with Crippen molar-refractivity contribution in [1.82, 2.24) is 0 Å². The molecule has 5 nitrogen and oxygen atoms in total. The van der Waals surface area contributed by atoms with Gasteiger partial charge in [0.25, 0.3) is 9.84 Å². The molecular formula is C12H8F3NO4S. The molecule has 0 aliphatic carbocycles. The number of pyridine rings is 1. The number of hydrogen-bond donors (Lipinski definition) is 0. The average molecular weight is 319 g/mol. The van der Waals surface area contributed by atoms with E-state index >= 15 is 0 Å². The molecule has 0 amide bonds. The first-order valence-corrected chi connectivity index (χ1v) is 6.98. The summed E-state index contributed by atoms with van der Waals surface area (Å²) >= 11 is 0. The summed E-state index contributed by atoms with van der Waals surface area (Å²) in [5.74, 6) is -0.923. The van der Waals surface area contributed by atoms with Gasteiger partial charge in [-0.25, -0.2) is 8.42 Å². The highest BCUT2D eigenvalue weighted by molar-refractivity contribution is 7.92. The third-order valence-electron chi connectivity index (χ3n) is 2.45. The largest absolute Gasteiger partial charge is 0.616 e. The van der Waals surface area contributed by atoms with Crippen LogP contribution in [0.15, 0.2) is 53.6 Å². The third kappa shape index (κ3) is 2.92. The van der Waals surface area contributed by atoms with Crippen molar-refractivity contribution < 1.29 is 31.1 Å². The number of ether oxygens (including phenoxy) is 1. The normalized spacial score (nSPS) is 12.1. The fourth-order valence-electron chi connectivity index (χ4n) is 1.49. The Bertz CT molecular complexity index is 759. The predicted molar refractivity (Wildman–Crippen MR) is 65.2 cm³/mol. The zero-order valence-electron chi connectivity index (χ0n) is 10.2. The molecule has 0 radical (unpaired) electrons. The van der Waals surface area contributed by atoms with E-state index in [9.17, 15) is 26.8 Å². The van der Waals surface area contributed by atoms with E-state index in [1.54, 1.807) is 0 Å². The van der Waals surface area contributed by atoms with Crippen LogP contribution in [0.1, 0.15) is 0 Å². The molecule has 2 rings (SSSR count). The van der Waals surface area contributed by atoms with Gasteiger partial charge in [0.2, 0.25) is 0 Å². The molecule has 0 saturated heterocycles. The molecule has 0 N–H and O–H groups in total. The molecule has 0 saturated carbocycles. The van der Waals surface area contributed by atoms with Gasteiger partial charge in [-0.3, -0.25) is 0 Å². The van der Waals surface area contributed by atoms with E-state index in [4.69, 9.17) is 4.74 Å². The van der Waals surface area contributed by atoms with E-state index in [0.717, 1.165) is 24.4 Å². The van der Waals surface area contributed by atoms with Crippen LogP contribution in [0.3, 0.4) is 0 Å². The second kappa shape index (κ2) is 5.24. The Balaban J connectivity index is 2.51. The number of rotatable bonds is 3. The molecule has 0 spiro atoms. The van der Waals surface area contributed by atoms with Crippen LogP contribution in [-0.4, -0.2) is 13.9 Å². The van der Waals surface area contributed by atoms with Crippen molar-refractivity contribution in [3.63, 3.8) is 0 Å². The van der Waals surface area contributed by atoms with Crippen LogP contribution in [0.25, 0.3) is 0 Å². The van der Waals surface area contributed by atoms with Crippen LogP contribution in [-0.2, 0) is 9.84 Å². The number of hydrogen-bond acceptors (Lipinski definition) is 4. The van der Waals surface area contributed by atoms with Crippen molar-refractivity contribution in [1.29, 1.82) is 0 Å². The summed E-state index contributed by atoms with van der Waals surface area (Å²) in [5, 5.41) is 11.4. The quantitative estimate of drug-likeness (QED) is 0.643. The van der Waals surface area contributed by atoms with E-state index in [0.29, 0.717) is 0 Å². The van der Waals surface area contributed by atoms with Gasteiger partial charge in [-0.1, -0.05) is 12.1 Å². The third-order valence-corrected chi connectivity index (χ3v) is 3.97. The summed E-state index contributed by atoms with van der Waals surface area (Å²) in [4.78, 5) is -1.05. The molecule has 112 valence electrons. The molecule has 0 fully saturated rings. The first-order chi connectivity index (χ1) is 9.73. The van der Waals surface area contributed by atoms with Gasteiger partial charge < -0.3 is 9.94 Å². The summed E-state index contributed by atoms with van der Waals surface area (Å²) in [7, 11) is -5.58. The van der Waals surface area contributed by atoms with Gasteiger partial charge in [-0.05, 0) is 18.2 Å². The van der Waals surface area contributed by atoms with E-state index in [1.807, 2.05) is 0 Å². The fourth-order valence-corrected chi connectivity index (χ4v) is 2.37. The molecule has 1 heterocycles. The lowest BCUT2D eigenvalue weighted by molar-refractivity contribution is -0.611. The van der Waals surface area contributed by atoms with Crippen LogP contribution in [0, 0.1) is 5.21 Å². The summed E-state index contributed by atoms with van der Waals surface area (Å²) in [6.45, 7) is 0. The maximum absolute atomic E-state index is 12.6. The van der Waals surface area contributed by atoms with Gasteiger partial charge in [0.1, 0.15) is 4.90 Å². The Kier molecular flexibility index (Phi) is 3.77. The van der Waals surface area contributed by atoms with Gasteiger partial charge in [0.15, 0.2) is 11.9 Å². The maximum Gasteiger partial charge on any atom is 0.502 e. The molecule has 21 heavy (non-hydrogen) atoms. The number of halogens is 3. The van der Waals surface area contributed by atoms with E-state index in [1.165, 1.54) is 24.3 Å². The minimum Gasteiger partial charge on any atom is -0.616 e. The van der Waals surface area contributed by atoms with Crippen molar-refractivity contribution in [2.45, 2.75) is 10.4 Å². The van der Waals surface area contributed by atoms with Crippen LogP contribution >= 0.6 is 0 Å². The van der Waals surface area contributed by atoms with Gasteiger partial charge in [-0.15, -0.1) is 4.73 Å². The Labute approximate surface area is 117 Å². The molecule has 2 aromatic rings. The predicted octanol–water partition coefficient (Wildman–Crippen LogP) is 2.41. The van der Waals surface area contributed by atoms with Gasteiger partial charge in [0, 0.05) is 6.07 Å². The van der Waals surface area contributed by atoms with Crippen molar-refractivity contribution in [2.24, 2.45) is 0 Å². The number of para-hydroxylation sites is 1. The zero-order valence-corrected chi connectivity index (χ0v) is 11.1. The molecule has 9 heteroatoms. The molecule has 0 atom stereocenters. The zero-order chi connectivity index (χ0) is 15.7. The highest BCUT2D eigenvalue weighted by atomic mass is 32.2. The Morgan fingerprint density at radius 2 is 1.67 bits per heavy atom. The molecule has 0 bridgehead atoms. The van der Waals surface area contributed by atoms with E-state index in [2.05, 4.69) is 0 Å². The second-order valence-corrected chi connectivity index (χ2v) is 5.77. The molecule has 1 aromatic carbocycles. The maximum atomic E-state index is 12.6. The smallest absolute Gasteiger partial charge is 0.502 e. The van der Waals surface area contributed by atoms with Crippen LogP contribution in [0.5, 0.6) is 11.6 Å². The summed E-state index contributed by atoms with van der Waals surface area (Å²) in [5.41, 5.74) is -5.46. The van der Waals surface area contributed by atoms with Gasteiger partial charge in [-0.2, -0.15) is 13.2 Å².